The topological polar surface area (TPSA) is 59.4 Å². The van der Waals surface area contributed by atoms with Crippen LogP contribution in [0.4, 0.5) is 4.79 Å². The molecule has 1 saturated heterocycles. The van der Waals surface area contributed by atoms with Gasteiger partial charge in [0.05, 0.1) is 12.8 Å². The molecule has 6 heteroatoms. The number of carbonyl (C=O) groups is 1. The number of rotatable bonds is 7. The number of carbonyl (C=O) groups excluding carboxylic acids is 1. The lowest BCUT2D eigenvalue weighted by Gasteiger charge is -2.32. The van der Waals surface area contributed by atoms with Crippen LogP contribution in [0.1, 0.15) is 31.7 Å². The number of aryl methyl sites for hydroxylation is 2. The van der Waals surface area contributed by atoms with E-state index in [4.69, 9.17) is 4.74 Å². The maximum absolute atomic E-state index is 12.2. The maximum Gasteiger partial charge on any atom is 0.317 e. The first-order valence-corrected chi connectivity index (χ1v) is 8.28. The van der Waals surface area contributed by atoms with Crippen molar-refractivity contribution >= 4 is 6.03 Å². The van der Waals surface area contributed by atoms with Gasteiger partial charge in [0.1, 0.15) is 0 Å². The summed E-state index contributed by atoms with van der Waals surface area (Å²) >= 11 is 0. The van der Waals surface area contributed by atoms with Crippen molar-refractivity contribution in [2.75, 3.05) is 32.8 Å². The normalized spacial score (nSPS) is 18.5. The Balaban J connectivity index is 1.63. The first-order valence-electron chi connectivity index (χ1n) is 8.28. The van der Waals surface area contributed by atoms with Crippen molar-refractivity contribution in [3.8, 4) is 0 Å². The van der Waals surface area contributed by atoms with E-state index in [1.165, 1.54) is 0 Å². The van der Waals surface area contributed by atoms with Crippen molar-refractivity contribution in [2.24, 2.45) is 5.92 Å². The molecule has 0 bridgehead atoms. The van der Waals surface area contributed by atoms with E-state index >= 15 is 0 Å². The van der Waals surface area contributed by atoms with Crippen LogP contribution >= 0.6 is 0 Å². The number of piperidine rings is 1. The summed E-state index contributed by atoms with van der Waals surface area (Å²) in [6.07, 6.45) is 6.98. The summed E-state index contributed by atoms with van der Waals surface area (Å²) < 4.78 is 7.40. The molecule has 0 radical (unpaired) electrons. The summed E-state index contributed by atoms with van der Waals surface area (Å²) in [5, 5.41) is 7.25. The summed E-state index contributed by atoms with van der Waals surface area (Å²) in [6.45, 7) is 8.73. The molecule has 1 fully saturated rings. The van der Waals surface area contributed by atoms with Crippen LogP contribution in [-0.2, 0) is 11.3 Å². The van der Waals surface area contributed by atoms with Gasteiger partial charge in [-0.3, -0.25) is 4.68 Å². The quantitative estimate of drug-likeness (QED) is 0.784. The lowest BCUT2D eigenvalue weighted by molar-refractivity contribution is 0.0756. The third-order valence-corrected chi connectivity index (χ3v) is 3.97. The van der Waals surface area contributed by atoms with Crippen LogP contribution in [0.2, 0.25) is 0 Å². The van der Waals surface area contributed by atoms with E-state index in [0.29, 0.717) is 12.5 Å². The molecular formula is C16H28N4O2. The van der Waals surface area contributed by atoms with Crippen LogP contribution < -0.4 is 5.32 Å². The van der Waals surface area contributed by atoms with Crippen LogP contribution in [0.5, 0.6) is 0 Å². The second-order valence-electron chi connectivity index (χ2n) is 5.98. The second kappa shape index (κ2) is 8.78. The van der Waals surface area contributed by atoms with Crippen LogP contribution in [-0.4, -0.2) is 53.6 Å². The molecule has 0 aromatic carbocycles. The summed E-state index contributed by atoms with van der Waals surface area (Å²) in [5.74, 6) is 0.478. The molecule has 1 atom stereocenters. The number of aromatic nitrogens is 2. The molecule has 0 saturated carbocycles. The number of hydrogen-bond acceptors (Lipinski definition) is 3. The smallest absolute Gasteiger partial charge is 0.317 e. The van der Waals surface area contributed by atoms with Gasteiger partial charge in [0.25, 0.3) is 0 Å². The average Bonchev–Trinajstić information content (AvgIpc) is 2.95. The summed E-state index contributed by atoms with van der Waals surface area (Å²) in [5.41, 5.74) is 1.16. The Hall–Kier alpha value is -1.56. The Morgan fingerprint density at radius 3 is 3.14 bits per heavy atom. The van der Waals surface area contributed by atoms with Crippen molar-refractivity contribution in [2.45, 2.75) is 39.7 Å². The van der Waals surface area contributed by atoms with Crippen molar-refractivity contribution < 1.29 is 9.53 Å². The number of nitrogens with one attached hydrogen (secondary N) is 1. The minimum atomic E-state index is 0.0536. The Bertz CT molecular complexity index is 461. The molecule has 22 heavy (non-hydrogen) atoms. The minimum Gasteiger partial charge on any atom is -0.381 e. The highest BCUT2D eigenvalue weighted by atomic mass is 16.5. The molecule has 0 aliphatic carbocycles. The number of amides is 2. The molecule has 6 nitrogen and oxygen atoms in total. The van der Waals surface area contributed by atoms with Gasteiger partial charge in [-0.15, -0.1) is 0 Å². The number of nitrogens with zero attached hydrogens (tertiary/aromatic N) is 3. The zero-order chi connectivity index (χ0) is 15.8. The number of likely N-dealkylation sites (tertiary alicyclic amines) is 1. The van der Waals surface area contributed by atoms with E-state index in [9.17, 15) is 4.79 Å². The summed E-state index contributed by atoms with van der Waals surface area (Å²) in [6, 6.07) is 0.0536. The Morgan fingerprint density at radius 1 is 1.55 bits per heavy atom. The number of hydrogen-bond donors (Lipinski definition) is 1. The zero-order valence-corrected chi connectivity index (χ0v) is 13.8. The van der Waals surface area contributed by atoms with Gasteiger partial charge in [-0.2, -0.15) is 5.10 Å². The van der Waals surface area contributed by atoms with Gasteiger partial charge < -0.3 is 15.0 Å². The van der Waals surface area contributed by atoms with Crippen molar-refractivity contribution in [3.63, 3.8) is 0 Å². The standard InChI is InChI=1S/C16H28N4O2/c1-3-22-13-15-6-4-8-19(12-15)16(21)17-7-5-9-20-11-14(2)10-18-20/h10-11,15H,3-9,12-13H2,1-2H3,(H,17,21). The van der Waals surface area contributed by atoms with Crippen LogP contribution in [0.3, 0.4) is 0 Å². The molecule has 1 aromatic heterocycles. The maximum atomic E-state index is 12.2. The van der Waals surface area contributed by atoms with Crippen molar-refractivity contribution in [3.05, 3.63) is 18.0 Å². The van der Waals surface area contributed by atoms with Gasteiger partial charge in [-0.1, -0.05) is 0 Å². The molecule has 1 unspecified atom stereocenters. The van der Waals surface area contributed by atoms with Gasteiger partial charge in [0.2, 0.25) is 0 Å². The number of ether oxygens (including phenoxy) is 1. The van der Waals surface area contributed by atoms with Crippen molar-refractivity contribution in [1.82, 2.24) is 20.0 Å². The molecule has 1 aliphatic rings. The SMILES string of the molecule is CCOCC1CCCN(C(=O)NCCCn2cc(C)cn2)C1. The first kappa shape index (κ1) is 16.8. The highest BCUT2D eigenvalue weighted by Gasteiger charge is 2.23. The van der Waals surface area contributed by atoms with E-state index in [-0.39, 0.29) is 6.03 Å². The van der Waals surface area contributed by atoms with Gasteiger partial charge >= 0.3 is 6.03 Å². The van der Waals surface area contributed by atoms with Gasteiger partial charge in [-0.05, 0) is 38.7 Å². The molecular weight excluding hydrogens is 280 g/mol. The lowest BCUT2D eigenvalue weighted by atomic mass is 9.99. The van der Waals surface area contributed by atoms with Crippen molar-refractivity contribution in [1.29, 1.82) is 0 Å². The Labute approximate surface area is 132 Å². The lowest BCUT2D eigenvalue weighted by Crippen LogP contribution is -2.46. The molecule has 2 amide bonds. The molecule has 1 aromatic rings. The van der Waals surface area contributed by atoms with E-state index in [0.717, 1.165) is 57.7 Å². The third-order valence-electron chi connectivity index (χ3n) is 3.97. The van der Waals surface area contributed by atoms with Gasteiger partial charge in [0, 0.05) is 44.9 Å². The zero-order valence-electron chi connectivity index (χ0n) is 13.8. The fourth-order valence-electron chi connectivity index (χ4n) is 2.81. The van der Waals surface area contributed by atoms with E-state index in [2.05, 4.69) is 10.4 Å². The van der Waals surface area contributed by atoms with Crippen LogP contribution in [0, 0.1) is 12.8 Å². The first-order chi connectivity index (χ1) is 10.7. The van der Waals surface area contributed by atoms with E-state index in [1.807, 2.05) is 35.8 Å². The second-order valence-corrected chi connectivity index (χ2v) is 5.98. The minimum absolute atomic E-state index is 0.0536. The molecule has 1 aliphatic heterocycles. The molecule has 2 heterocycles. The highest BCUT2D eigenvalue weighted by Crippen LogP contribution is 2.16. The molecule has 1 N–H and O–H groups in total. The Kier molecular flexibility index (Phi) is 6.71. The highest BCUT2D eigenvalue weighted by molar-refractivity contribution is 5.74. The van der Waals surface area contributed by atoms with E-state index < -0.39 is 0 Å². The predicted octanol–water partition coefficient (Wildman–Crippen LogP) is 2.04. The largest absolute Gasteiger partial charge is 0.381 e. The summed E-state index contributed by atoms with van der Waals surface area (Å²) in [4.78, 5) is 14.1. The van der Waals surface area contributed by atoms with Crippen LogP contribution in [0.15, 0.2) is 12.4 Å². The average molecular weight is 308 g/mol. The molecule has 2 rings (SSSR count). The fourth-order valence-corrected chi connectivity index (χ4v) is 2.81. The predicted molar refractivity (Wildman–Crippen MR) is 85.8 cm³/mol. The molecule has 0 spiro atoms. The monoisotopic (exact) mass is 308 g/mol. The fraction of sp³-hybridized carbons (Fsp3) is 0.750. The van der Waals surface area contributed by atoms with Gasteiger partial charge in [0.15, 0.2) is 0 Å². The third kappa shape index (κ3) is 5.33. The summed E-state index contributed by atoms with van der Waals surface area (Å²) in [7, 11) is 0. The molecule has 124 valence electrons. The number of urea groups is 1. The van der Waals surface area contributed by atoms with Gasteiger partial charge in [-0.25, -0.2) is 4.79 Å². The Morgan fingerprint density at radius 2 is 2.41 bits per heavy atom. The van der Waals surface area contributed by atoms with Crippen LogP contribution in [0.25, 0.3) is 0 Å². The van der Waals surface area contributed by atoms with E-state index in [1.54, 1.807) is 0 Å².